The van der Waals surface area contributed by atoms with E-state index in [1.807, 2.05) is 0 Å². The van der Waals surface area contributed by atoms with Crippen molar-refractivity contribution in [2.45, 2.75) is 31.6 Å². The van der Waals surface area contributed by atoms with Crippen LogP contribution in [0.15, 0.2) is 0 Å². The minimum Gasteiger partial charge on any atom is -0.380 e. The monoisotopic (exact) mass is 173 g/mol. The van der Waals surface area contributed by atoms with E-state index in [1.54, 1.807) is 14.2 Å². The number of hydrogen-bond acceptors (Lipinski definition) is 3. The average Bonchev–Trinajstić information content (AvgIpc) is 2.45. The molecule has 3 heteroatoms. The minimum atomic E-state index is 0.252. The van der Waals surface area contributed by atoms with E-state index in [-0.39, 0.29) is 6.10 Å². The average molecular weight is 173 g/mol. The van der Waals surface area contributed by atoms with Gasteiger partial charge in [0.1, 0.15) is 0 Å². The van der Waals surface area contributed by atoms with Gasteiger partial charge in [-0.25, -0.2) is 0 Å². The van der Waals surface area contributed by atoms with Crippen LogP contribution in [-0.2, 0) is 9.47 Å². The minimum absolute atomic E-state index is 0.252. The standard InChI is InChI=1S/C9H19NO2/c1-7(11-3)9-8(12-4)5-6-10(9)2/h7-9H,5-6H2,1-4H3/t7-,8+,9+/m0/s1. The predicted molar refractivity (Wildman–Crippen MR) is 48.3 cm³/mol. The van der Waals surface area contributed by atoms with Crippen LogP contribution in [0.1, 0.15) is 13.3 Å². The number of likely N-dealkylation sites (N-methyl/N-ethyl adjacent to an activating group) is 1. The highest BCUT2D eigenvalue weighted by Gasteiger charge is 2.35. The molecular formula is C9H19NO2. The highest BCUT2D eigenvalue weighted by atomic mass is 16.5. The molecule has 0 radical (unpaired) electrons. The van der Waals surface area contributed by atoms with Gasteiger partial charge in [-0.05, 0) is 20.4 Å². The Labute approximate surface area is 74.6 Å². The second-order valence-electron chi connectivity index (χ2n) is 3.47. The largest absolute Gasteiger partial charge is 0.380 e. The van der Waals surface area contributed by atoms with Gasteiger partial charge in [-0.15, -0.1) is 0 Å². The number of nitrogens with zero attached hydrogens (tertiary/aromatic N) is 1. The van der Waals surface area contributed by atoms with Gasteiger partial charge in [-0.1, -0.05) is 0 Å². The third-order valence-electron chi connectivity index (χ3n) is 2.81. The summed E-state index contributed by atoms with van der Waals surface area (Å²) in [6.45, 7) is 3.20. The fourth-order valence-corrected chi connectivity index (χ4v) is 1.99. The van der Waals surface area contributed by atoms with Crippen molar-refractivity contribution in [2.24, 2.45) is 0 Å². The van der Waals surface area contributed by atoms with Crippen LogP contribution in [0.3, 0.4) is 0 Å². The third kappa shape index (κ3) is 1.79. The van der Waals surface area contributed by atoms with Crippen LogP contribution in [0, 0.1) is 0 Å². The van der Waals surface area contributed by atoms with Gasteiger partial charge in [0.2, 0.25) is 0 Å². The molecule has 0 N–H and O–H groups in total. The molecule has 0 aromatic rings. The van der Waals surface area contributed by atoms with Gasteiger partial charge in [-0.2, -0.15) is 0 Å². The maximum Gasteiger partial charge on any atom is 0.0763 e. The van der Waals surface area contributed by atoms with E-state index in [4.69, 9.17) is 9.47 Å². The molecule has 12 heavy (non-hydrogen) atoms. The summed E-state index contributed by atoms with van der Waals surface area (Å²) in [6.07, 6.45) is 1.71. The zero-order valence-electron chi connectivity index (χ0n) is 8.41. The van der Waals surface area contributed by atoms with Gasteiger partial charge < -0.3 is 9.47 Å². The van der Waals surface area contributed by atoms with Crippen LogP contribution >= 0.6 is 0 Å². The van der Waals surface area contributed by atoms with Crippen LogP contribution in [0.25, 0.3) is 0 Å². The van der Waals surface area contributed by atoms with E-state index in [0.717, 1.165) is 13.0 Å². The quantitative estimate of drug-likeness (QED) is 0.628. The van der Waals surface area contributed by atoms with Crippen LogP contribution in [-0.4, -0.2) is 51.0 Å². The summed E-state index contributed by atoms with van der Waals surface area (Å²) in [5.74, 6) is 0. The SMILES string of the molecule is CO[C@@H](C)[C@@H]1[C@H](OC)CCN1C. The Bertz CT molecular complexity index is 140. The van der Waals surface area contributed by atoms with Crippen molar-refractivity contribution in [3.05, 3.63) is 0 Å². The maximum atomic E-state index is 5.40. The lowest BCUT2D eigenvalue weighted by molar-refractivity contribution is -0.0115. The van der Waals surface area contributed by atoms with Crippen molar-refractivity contribution >= 4 is 0 Å². The zero-order chi connectivity index (χ0) is 9.14. The van der Waals surface area contributed by atoms with Crippen molar-refractivity contribution < 1.29 is 9.47 Å². The maximum absolute atomic E-state index is 5.40. The molecule has 1 aliphatic rings. The Kier molecular flexibility index (Phi) is 3.50. The van der Waals surface area contributed by atoms with Crippen LogP contribution in [0.4, 0.5) is 0 Å². The van der Waals surface area contributed by atoms with E-state index in [0.29, 0.717) is 12.1 Å². The van der Waals surface area contributed by atoms with E-state index in [2.05, 4.69) is 18.9 Å². The normalized spacial score (nSPS) is 34.0. The summed E-state index contributed by atoms with van der Waals surface area (Å²) in [5.41, 5.74) is 0. The van der Waals surface area contributed by atoms with Crippen molar-refractivity contribution in [3.63, 3.8) is 0 Å². The highest BCUT2D eigenvalue weighted by Crippen LogP contribution is 2.22. The van der Waals surface area contributed by atoms with Crippen LogP contribution in [0.5, 0.6) is 0 Å². The molecule has 0 amide bonds. The summed E-state index contributed by atoms with van der Waals surface area (Å²) in [4.78, 5) is 2.31. The van der Waals surface area contributed by atoms with Crippen molar-refractivity contribution in [3.8, 4) is 0 Å². The number of likely N-dealkylation sites (tertiary alicyclic amines) is 1. The molecule has 0 unspecified atom stereocenters. The lowest BCUT2D eigenvalue weighted by Gasteiger charge is -2.28. The third-order valence-corrected chi connectivity index (χ3v) is 2.81. The fraction of sp³-hybridized carbons (Fsp3) is 1.00. The summed E-state index contributed by atoms with van der Waals surface area (Å²) < 4.78 is 10.7. The second-order valence-corrected chi connectivity index (χ2v) is 3.47. The first-order chi connectivity index (χ1) is 5.70. The van der Waals surface area contributed by atoms with Crippen LogP contribution in [0.2, 0.25) is 0 Å². The van der Waals surface area contributed by atoms with Gasteiger partial charge >= 0.3 is 0 Å². The molecule has 0 spiro atoms. The van der Waals surface area contributed by atoms with Crippen molar-refractivity contribution in [2.75, 3.05) is 27.8 Å². The molecule has 1 saturated heterocycles. The predicted octanol–water partition coefficient (Wildman–Crippen LogP) is 0.740. The molecule has 72 valence electrons. The van der Waals surface area contributed by atoms with Crippen molar-refractivity contribution in [1.29, 1.82) is 0 Å². The summed E-state index contributed by atoms with van der Waals surface area (Å²) in [6, 6.07) is 0.417. The zero-order valence-corrected chi connectivity index (χ0v) is 8.41. The Morgan fingerprint density at radius 1 is 1.42 bits per heavy atom. The van der Waals surface area contributed by atoms with Gasteiger partial charge in [0.05, 0.1) is 18.2 Å². The Morgan fingerprint density at radius 3 is 2.58 bits per heavy atom. The molecule has 1 fully saturated rings. The Balaban J connectivity index is 2.56. The van der Waals surface area contributed by atoms with Gasteiger partial charge in [0.15, 0.2) is 0 Å². The van der Waals surface area contributed by atoms with E-state index < -0.39 is 0 Å². The lowest BCUT2D eigenvalue weighted by Crippen LogP contribution is -2.42. The molecule has 0 aromatic carbocycles. The molecule has 1 heterocycles. The molecule has 0 aromatic heterocycles. The highest BCUT2D eigenvalue weighted by molar-refractivity contribution is 4.89. The summed E-state index contributed by atoms with van der Waals surface area (Å²) >= 11 is 0. The van der Waals surface area contributed by atoms with E-state index in [9.17, 15) is 0 Å². The smallest absolute Gasteiger partial charge is 0.0763 e. The fourth-order valence-electron chi connectivity index (χ4n) is 1.99. The summed E-state index contributed by atoms with van der Waals surface area (Å²) in [5, 5.41) is 0. The number of methoxy groups -OCH3 is 2. The molecule has 1 aliphatic heterocycles. The molecule has 0 aliphatic carbocycles. The Morgan fingerprint density at radius 2 is 2.08 bits per heavy atom. The number of rotatable bonds is 3. The van der Waals surface area contributed by atoms with Crippen molar-refractivity contribution in [1.82, 2.24) is 4.90 Å². The first-order valence-corrected chi connectivity index (χ1v) is 4.46. The molecule has 0 bridgehead atoms. The first kappa shape index (κ1) is 9.96. The molecular weight excluding hydrogens is 154 g/mol. The van der Waals surface area contributed by atoms with Crippen LogP contribution < -0.4 is 0 Å². The van der Waals surface area contributed by atoms with E-state index in [1.165, 1.54) is 0 Å². The molecule has 3 atom stereocenters. The topological polar surface area (TPSA) is 21.7 Å². The molecule has 0 saturated carbocycles. The lowest BCUT2D eigenvalue weighted by atomic mass is 10.1. The molecule has 3 nitrogen and oxygen atoms in total. The molecule has 1 rings (SSSR count). The van der Waals surface area contributed by atoms with E-state index >= 15 is 0 Å². The Hall–Kier alpha value is -0.120. The first-order valence-electron chi connectivity index (χ1n) is 4.46. The summed E-state index contributed by atoms with van der Waals surface area (Å²) in [7, 11) is 5.65. The van der Waals surface area contributed by atoms with Gasteiger partial charge in [0, 0.05) is 20.8 Å². The number of hydrogen-bond donors (Lipinski definition) is 0. The second kappa shape index (κ2) is 4.21. The number of ether oxygens (including phenoxy) is 2. The van der Waals surface area contributed by atoms with Gasteiger partial charge in [0.25, 0.3) is 0 Å². The van der Waals surface area contributed by atoms with Gasteiger partial charge in [-0.3, -0.25) is 4.90 Å².